The van der Waals surface area contributed by atoms with Crippen molar-refractivity contribution in [2.75, 3.05) is 6.61 Å². The van der Waals surface area contributed by atoms with E-state index in [4.69, 9.17) is 9.05 Å². The molecule has 84 valence electrons. The van der Waals surface area contributed by atoms with E-state index in [0.717, 1.165) is 0 Å². The zero-order valence-electron chi connectivity index (χ0n) is 8.90. The third-order valence-corrected chi connectivity index (χ3v) is 2.43. The molecule has 0 radical (unpaired) electrons. The van der Waals surface area contributed by atoms with Crippen LogP contribution in [0.4, 0.5) is 0 Å². The molecule has 0 bridgehead atoms. The van der Waals surface area contributed by atoms with E-state index in [-0.39, 0.29) is 12.7 Å². The Bertz CT molecular complexity index is 204. The van der Waals surface area contributed by atoms with Gasteiger partial charge < -0.3 is 9.26 Å². The first-order chi connectivity index (χ1) is 6.47. The van der Waals surface area contributed by atoms with Crippen molar-refractivity contribution in [3.8, 4) is 0 Å². The average Bonchev–Trinajstić information content (AvgIpc) is 2.02. The number of hydrogen-bond acceptors (Lipinski definition) is 5. The predicted octanol–water partition coefficient (Wildman–Crippen LogP) is 1.77. The Balaban J connectivity index is 3.87. The van der Waals surface area contributed by atoms with Gasteiger partial charge in [0.05, 0.1) is 12.7 Å². The Morgan fingerprint density at radius 2 is 1.86 bits per heavy atom. The van der Waals surface area contributed by atoms with Crippen molar-refractivity contribution in [1.82, 2.24) is 0 Å². The SMILES string of the molecule is CCOC(=O)C(C)O[PH](=O)OC(C)C. The van der Waals surface area contributed by atoms with Crippen molar-refractivity contribution >= 4 is 14.2 Å². The van der Waals surface area contributed by atoms with E-state index in [1.165, 1.54) is 6.92 Å². The zero-order valence-corrected chi connectivity index (χ0v) is 9.90. The van der Waals surface area contributed by atoms with Gasteiger partial charge in [-0.05, 0) is 27.7 Å². The molecule has 0 saturated carbocycles. The lowest BCUT2D eigenvalue weighted by atomic mass is 10.4. The van der Waals surface area contributed by atoms with Crippen molar-refractivity contribution in [3.63, 3.8) is 0 Å². The van der Waals surface area contributed by atoms with Gasteiger partial charge in [-0.1, -0.05) is 0 Å². The van der Waals surface area contributed by atoms with Crippen LogP contribution in [0.25, 0.3) is 0 Å². The number of esters is 1. The molecule has 6 heteroatoms. The van der Waals surface area contributed by atoms with Crippen LogP contribution in [0.1, 0.15) is 27.7 Å². The summed E-state index contributed by atoms with van der Waals surface area (Å²) in [6.45, 7) is 6.92. The summed E-state index contributed by atoms with van der Waals surface area (Å²) in [7, 11) is -2.60. The lowest BCUT2D eigenvalue weighted by Crippen LogP contribution is -2.21. The predicted molar refractivity (Wildman–Crippen MR) is 52.4 cm³/mol. The molecular formula is C8H17O5P. The highest BCUT2D eigenvalue weighted by atomic mass is 31.1. The van der Waals surface area contributed by atoms with Gasteiger partial charge in [0.25, 0.3) is 0 Å². The number of ether oxygens (including phenoxy) is 1. The van der Waals surface area contributed by atoms with Crippen molar-refractivity contribution in [1.29, 1.82) is 0 Å². The lowest BCUT2D eigenvalue weighted by Gasteiger charge is -2.12. The summed E-state index contributed by atoms with van der Waals surface area (Å²) in [5.74, 6) is -0.529. The molecule has 2 unspecified atom stereocenters. The summed E-state index contributed by atoms with van der Waals surface area (Å²) in [6, 6.07) is 0. The highest BCUT2D eigenvalue weighted by Crippen LogP contribution is 2.28. The first-order valence-electron chi connectivity index (χ1n) is 4.51. The molecule has 0 aliphatic rings. The monoisotopic (exact) mass is 224 g/mol. The van der Waals surface area contributed by atoms with Gasteiger partial charge in [-0.3, -0.25) is 9.09 Å². The van der Waals surface area contributed by atoms with Crippen LogP contribution >= 0.6 is 8.25 Å². The van der Waals surface area contributed by atoms with Gasteiger partial charge in [0.1, 0.15) is 0 Å². The highest BCUT2D eigenvalue weighted by molar-refractivity contribution is 7.33. The summed E-state index contributed by atoms with van der Waals surface area (Å²) in [5, 5.41) is 0. The molecule has 0 aromatic carbocycles. The van der Waals surface area contributed by atoms with Crippen LogP contribution in [0.15, 0.2) is 0 Å². The number of rotatable bonds is 6. The van der Waals surface area contributed by atoms with Gasteiger partial charge in [0, 0.05) is 0 Å². The molecule has 0 aliphatic carbocycles. The van der Waals surface area contributed by atoms with E-state index in [2.05, 4.69) is 4.74 Å². The Labute approximate surface area is 84.7 Å². The molecule has 0 heterocycles. The lowest BCUT2D eigenvalue weighted by molar-refractivity contribution is -0.150. The van der Waals surface area contributed by atoms with Crippen LogP contribution in [0, 0.1) is 0 Å². The maximum atomic E-state index is 11.1. The van der Waals surface area contributed by atoms with Crippen LogP contribution < -0.4 is 0 Å². The molecule has 0 aliphatic heterocycles. The number of hydrogen-bond donors (Lipinski definition) is 0. The van der Waals surface area contributed by atoms with Gasteiger partial charge in [-0.25, -0.2) is 4.79 Å². The highest BCUT2D eigenvalue weighted by Gasteiger charge is 2.18. The number of carbonyl (C=O) groups excluding carboxylic acids is 1. The Hall–Kier alpha value is -0.380. The molecule has 2 atom stereocenters. The maximum absolute atomic E-state index is 11.1. The van der Waals surface area contributed by atoms with Gasteiger partial charge in [0.15, 0.2) is 6.10 Å². The minimum atomic E-state index is -2.60. The molecule has 5 nitrogen and oxygen atoms in total. The minimum absolute atomic E-state index is 0.184. The molecule has 0 aromatic rings. The molecule has 0 fully saturated rings. The second-order valence-corrected chi connectivity index (χ2v) is 3.90. The van der Waals surface area contributed by atoms with Gasteiger partial charge in [0.2, 0.25) is 0 Å². The van der Waals surface area contributed by atoms with Gasteiger partial charge >= 0.3 is 14.2 Å². The first-order valence-corrected chi connectivity index (χ1v) is 5.73. The number of carbonyl (C=O) groups is 1. The van der Waals surface area contributed by atoms with E-state index in [1.807, 2.05) is 0 Å². The third kappa shape index (κ3) is 6.13. The normalized spacial score (nSPS) is 15.2. The van der Waals surface area contributed by atoms with Gasteiger partial charge in [-0.2, -0.15) is 0 Å². The van der Waals surface area contributed by atoms with Crippen LogP contribution in [0.5, 0.6) is 0 Å². The maximum Gasteiger partial charge on any atom is 0.335 e. The van der Waals surface area contributed by atoms with Crippen molar-refractivity contribution < 1.29 is 23.1 Å². The largest absolute Gasteiger partial charge is 0.464 e. The molecular weight excluding hydrogens is 207 g/mol. The summed E-state index contributed by atoms with van der Waals surface area (Å²) in [6.07, 6.45) is -1.03. The second-order valence-electron chi connectivity index (χ2n) is 2.93. The third-order valence-electron chi connectivity index (χ3n) is 1.22. The molecule has 0 saturated heterocycles. The fraction of sp³-hybridized carbons (Fsp3) is 0.875. The average molecular weight is 224 g/mol. The second kappa shape index (κ2) is 6.98. The smallest absolute Gasteiger partial charge is 0.335 e. The van der Waals surface area contributed by atoms with Crippen LogP contribution in [0.3, 0.4) is 0 Å². The summed E-state index contributed by atoms with van der Waals surface area (Å²) in [5.41, 5.74) is 0. The topological polar surface area (TPSA) is 61.8 Å². The Kier molecular flexibility index (Phi) is 6.79. The Morgan fingerprint density at radius 3 is 2.29 bits per heavy atom. The first kappa shape index (κ1) is 13.6. The van der Waals surface area contributed by atoms with Crippen molar-refractivity contribution in [2.24, 2.45) is 0 Å². The quantitative estimate of drug-likeness (QED) is 0.508. The fourth-order valence-corrected chi connectivity index (χ4v) is 1.50. The molecule has 0 amide bonds. The summed E-state index contributed by atoms with van der Waals surface area (Å²) < 4.78 is 25.5. The van der Waals surface area contributed by atoms with Gasteiger partial charge in [-0.15, -0.1) is 0 Å². The molecule has 0 N–H and O–H groups in total. The minimum Gasteiger partial charge on any atom is -0.464 e. The van der Waals surface area contributed by atoms with Crippen LogP contribution in [-0.2, 0) is 23.1 Å². The van der Waals surface area contributed by atoms with Crippen molar-refractivity contribution in [2.45, 2.75) is 39.9 Å². The summed E-state index contributed by atoms with van der Waals surface area (Å²) >= 11 is 0. The van der Waals surface area contributed by atoms with Crippen LogP contribution in [-0.4, -0.2) is 24.8 Å². The molecule has 14 heavy (non-hydrogen) atoms. The van der Waals surface area contributed by atoms with E-state index in [9.17, 15) is 9.36 Å². The fourth-order valence-electron chi connectivity index (χ4n) is 0.672. The molecule has 0 rings (SSSR count). The molecule has 0 aromatic heterocycles. The van der Waals surface area contributed by atoms with E-state index < -0.39 is 20.3 Å². The van der Waals surface area contributed by atoms with E-state index in [0.29, 0.717) is 0 Å². The molecule has 0 spiro atoms. The Morgan fingerprint density at radius 1 is 1.29 bits per heavy atom. The van der Waals surface area contributed by atoms with Crippen LogP contribution in [0.2, 0.25) is 0 Å². The summed E-state index contributed by atoms with van der Waals surface area (Å²) in [4.78, 5) is 11.0. The standard InChI is InChI=1S/C8H17O5P/c1-5-11-8(9)7(4)13-14(10)12-6(2)3/h6-7,14H,5H2,1-4H3. The van der Waals surface area contributed by atoms with E-state index >= 15 is 0 Å². The zero-order chi connectivity index (χ0) is 11.1. The van der Waals surface area contributed by atoms with Crippen molar-refractivity contribution in [3.05, 3.63) is 0 Å². The van der Waals surface area contributed by atoms with E-state index in [1.54, 1.807) is 20.8 Å².